The number of carbonyl (C=O) groups excluding carboxylic acids is 1. The summed E-state index contributed by atoms with van der Waals surface area (Å²) >= 11 is 1.10. The number of carbonyl (C=O) groups is 1. The van der Waals surface area contributed by atoms with Crippen LogP contribution in [0.5, 0.6) is 0 Å². The Morgan fingerprint density at radius 2 is 2.13 bits per heavy atom. The molecule has 1 aromatic carbocycles. The fourth-order valence-corrected chi connectivity index (χ4v) is 2.89. The van der Waals surface area contributed by atoms with Crippen LogP contribution in [0.4, 0.5) is 0 Å². The van der Waals surface area contributed by atoms with Crippen LogP contribution in [-0.2, 0) is 6.42 Å². The van der Waals surface area contributed by atoms with Crippen molar-refractivity contribution < 1.29 is 4.79 Å². The largest absolute Gasteiger partial charge is 0.337 e. The fourth-order valence-electron chi connectivity index (χ4n) is 2.24. The first-order valence-corrected chi connectivity index (χ1v) is 8.02. The molecule has 2 heterocycles. The maximum absolute atomic E-state index is 12.6. The van der Waals surface area contributed by atoms with Crippen molar-refractivity contribution in [2.24, 2.45) is 0 Å². The summed E-state index contributed by atoms with van der Waals surface area (Å²) < 4.78 is 3.86. The predicted octanol–water partition coefficient (Wildman–Crippen LogP) is 2.05. The Morgan fingerprint density at radius 3 is 2.78 bits per heavy atom. The number of aryl methyl sites for hydroxylation is 2. The zero-order valence-corrected chi connectivity index (χ0v) is 13.6. The highest BCUT2D eigenvalue weighted by Crippen LogP contribution is 2.21. The number of aromatic amines is 1. The minimum absolute atomic E-state index is 0.215. The molecule has 3 rings (SSSR count). The molecule has 0 saturated heterocycles. The van der Waals surface area contributed by atoms with Crippen molar-refractivity contribution in [1.82, 2.24) is 30.1 Å². The summed E-state index contributed by atoms with van der Waals surface area (Å²) in [6.45, 7) is 3.77. The van der Waals surface area contributed by atoms with Gasteiger partial charge < -0.3 is 5.32 Å². The second kappa shape index (κ2) is 6.66. The average molecular weight is 328 g/mol. The molecule has 0 aliphatic heterocycles. The molecular formula is C15H16N6OS. The molecule has 0 radical (unpaired) electrons. The first-order chi connectivity index (χ1) is 11.2. The molecule has 3 aromatic rings. The molecule has 1 atom stereocenters. The number of hydrogen-bond acceptors (Lipinski definition) is 6. The summed E-state index contributed by atoms with van der Waals surface area (Å²) in [6.07, 6.45) is 0.662. The van der Waals surface area contributed by atoms with E-state index in [1.165, 1.54) is 0 Å². The van der Waals surface area contributed by atoms with Gasteiger partial charge in [0.15, 0.2) is 5.82 Å². The molecule has 118 valence electrons. The van der Waals surface area contributed by atoms with Gasteiger partial charge in [-0.15, -0.1) is 5.10 Å². The topological polar surface area (TPSA) is 96.5 Å². The zero-order chi connectivity index (χ0) is 16.2. The van der Waals surface area contributed by atoms with Crippen molar-refractivity contribution in [3.8, 4) is 0 Å². The van der Waals surface area contributed by atoms with Crippen LogP contribution in [-0.4, -0.2) is 30.7 Å². The third kappa shape index (κ3) is 3.26. The van der Waals surface area contributed by atoms with Gasteiger partial charge in [0, 0.05) is 0 Å². The van der Waals surface area contributed by atoms with Crippen LogP contribution in [0.15, 0.2) is 30.3 Å². The maximum Gasteiger partial charge on any atom is 0.265 e. The van der Waals surface area contributed by atoms with E-state index in [1.54, 1.807) is 0 Å². The second-order valence-corrected chi connectivity index (χ2v) is 5.75. The van der Waals surface area contributed by atoms with E-state index >= 15 is 0 Å². The summed E-state index contributed by atoms with van der Waals surface area (Å²) in [6, 6.07) is 9.19. The smallest absolute Gasteiger partial charge is 0.265 e. The zero-order valence-electron chi connectivity index (χ0n) is 12.8. The van der Waals surface area contributed by atoms with Crippen molar-refractivity contribution >= 4 is 17.4 Å². The van der Waals surface area contributed by atoms with Gasteiger partial charge in [-0.1, -0.05) is 41.7 Å². The first kappa shape index (κ1) is 15.3. The van der Waals surface area contributed by atoms with Gasteiger partial charge in [0.25, 0.3) is 5.91 Å². The summed E-state index contributed by atoms with van der Waals surface area (Å²) in [5.41, 5.74) is 1.61. The fraction of sp³-hybridized carbons (Fsp3) is 0.267. The quantitative estimate of drug-likeness (QED) is 0.747. The number of rotatable bonds is 5. The highest BCUT2D eigenvalue weighted by Gasteiger charge is 2.24. The highest BCUT2D eigenvalue weighted by atomic mass is 32.1. The van der Waals surface area contributed by atoms with E-state index in [0.717, 1.165) is 17.1 Å². The van der Waals surface area contributed by atoms with Gasteiger partial charge in [-0.25, -0.2) is 4.98 Å². The Hall–Kier alpha value is -2.61. The Balaban J connectivity index is 1.92. The highest BCUT2D eigenvalue weighted by molar-refractivity contribution is 7.08. The Kier molecular flexibility index (Phi) is 4.42. The molecule has 7 nitrogen and oxygen atoms in total. The molecule has 0 unspecified atom stereocenters. The van der Waals surface area contributed by atoms with Crippen LogP contribution >= 0.6 is 11.5 Å². The Labute approximate surface area is 137 Å². The normalized spacial score (nSPS) is 12.1. The maximum atomic E-state index is 12.6. The molecule has 0 aliphatic carbocycles. The molecule has 0 saturated carbocycles. The molecule has 0 fully saturated rings. The molecule has 2 aromatic heterocycles. The number of aromatic nitrogens is 5. The number of nitrogens with one attached hydrogen (secondary N) is 2. The lowest BCUT2D eigenvalue weighted by Gasteiger charge is -2.15. The van der Waals surface area contributed by atoms with Crippen LogP contribution in [0.1, 0.15) is 45.5 Å². The molecule has 8 heteroatoms. The molecule has 23 heavy (non-hydrogen) atoms. The van der Waals surface area contributed by atoms with Gasteiger partial charge in [0.05, 0.1) is 5.69 Å². The number of benzene rings is 1. The van der Waals surface area contributed by atoms with E-state index in [4.69, 9.17) is 0 Å². The third-order valence-corrected chi connectivity index (χ3v) is 4.14. The molecule has 2 N–H and O–H groups in total. The van der Waals surface area contributed by atoms with Gasteiger partial charge in [0.2, 0.25) is 0 Å². The summed E-state index contributed by atoms with van der Waals surface area (Å²) in [7, 11) is 0. The van der Waals surface area contributed by atoms with Crippen LogP contribution in [0.3, 0.4) is 0 Å². The average Bonchev–Trinajstić information content (AvgIpc) is 3.21. The lowest BCUT2D eigenvalue weighted by atomic mass is 10.1. The first-order valence-electron chi connectivity index (χ1n) is 7.25. The SMILES string of the molecule is CCc1nnsc1C(=O)N[C@H](c1ccccc1)c1n[nH]c(C)n1. The predicted molar refractivity (Wildman–Crippen MR) is 86.2 cm³/mol. The molecular weight excluding hydrogens is 312 g/mol. The van der Waals surface area contributed by atoms with Gasteiger partial charge in [-0.3, -0.25) is 9.89 Å². The van der Waals surface area contributed by atoms with Gasteiger partial charge >= 0.3 is 0 Å². The summed E-state index contributed by atoms with van der Waals surface area (Å²) in [5.74, 6) is 1.01. The van der Waals surface area contributed by atoms with Crippen molar-refractivity contribution in [1.29, 1.82) is 0 Å². The Morgan fingerprint density at radius 1 is 1.35 bits per heavy atom. The Bertz CT molecular complexity index is 797. The standard InChI is InChI=1S/C15H16N6OS/c1-3-11-13(23-21-19-11)15(22)17-12(10-7-5-4-6-8-10)14-16-9(2)18-20-14/h4-8,12H,3H2,1-2H3,(H,17,22)(H,16,18,20)/t12-/m1/s1. The molecule has 0 bridgehead atoms. The minimum atomic E-state index is -0.430. The van der Waals surface area contributed by atoms with Crippen molar-refractivity contribution in [2.45, 2.75) is 26.3 Å². The van der Waals surface area contributed by atoms with E-state index in [1.807, 2.05) is 44.2 Å². The van der Waals surface area contributed by atoms with E-state index in [2.05, 4.69) is 30.1 Å². The van der Waals surface area contributed by atoms with Crippen LogP contribution in [0.25, 0.3) is 0 Å². The van der Waals surface area contributed by atoms with Gasteiger partial charge in [-0.05, 0) is 30.4 Å². The van der Waals surface area contributed by atoms with E-state index in [-0.39, 0.29) is 5.91 Å². The molecule has 1 amide bonds. The van der Waals surface area contributed by atoms with Gasteiger partial charge in [0.1, 0.15) is 16.7 Å². The third-order valence-electron chi connectivity index (χ3n) is 3.38. The lowest BCUT2D eigenvalue weighted by molar-refractivity contribution is 0.0944. The van der Waals surface area contributed by atoms with Crippen LogP contribution in [0, 0.1) is 6.92 Å². The molecule has 0 aliphatic rings. The van der Waals surface area contributed by atoms with Crippen molar-refractivity contribution in [2.75, 3.05) is 0 Å². The summed E-state index contributed by atoms with van der Waals surface area (Å²) in [5, 5.41) is 14.0. The molecule has 0 spiro atoms. The number of nitrogens with zero attached hydrogens (tertiary/aromatic N) is 4. The number of hydrogen-bond donors (Lipinski definition) is 2. The van der Waals surface area contributed by atoms with Crippen molar-refractivity contribution in [3.05, 3.63) is 58.1 Å². The van der Waals surface area contributed by atoms with E-state index in [0.29, 0.717) is 28.6 Å². The van der Waals surface area contributed by atoms with Crippen LogP contribution < -0.4 is 5.32 Å². The van der Waals surface area contributed by atoms with Gasteiger partial charge in [-0.2, -0.15) is 5.10 Å². The number of H-pyrrole nitrogens is 1. The number of amides is 1. The minimum Gasteiger partial charge on any atom is -0.337 e. The van der Waals surface area contributed by atoms with Crippen LogP contribution in [0.2, 0.25) is 0 Å². The van der Waals surface area contributed by atoms with E-state index in [9.17, 15) is 4.79 Å². The lowest BCUT2D eigenvalue weighted by Crippen LogP contribution is -2.30. The van der Waals surface area contributed by atoms with Crippen molar-refractivity contribution in [3.63, 3.8) is 0 Å². The second-order valence-electron chi connectivity index (χ2n) is 5.00. The van der Waals surface area contributed by atoms with E-state index < -0.39 is 6.04 Å². The monoisotopic (exact) mass is 328 g/mol. The summed E-state index contributed by atoms with van der Waals surface area (Å²) in [4.78, 5) is 17.5.